The lowest BCUT2D eigenvalue weighted by atomic mass is 10.0. The van der Waals surface area contributed by atoms with Crippen molar-refractivity contribution in [1.82, 2.24) is 5.27 Å². The molecule has 6 heteroatoms. The molecule has 1 aromatic carbocycles. The van der Waals surface area contributed by atoms with Crippen molar-refractivity contribution < 1.29 is 19.0 Å². The van der Waals surface area contributed by atoms with E-state index in [1.54, 1.807) is 4.68 Å². The van der Waals surface area contributed by atoms with Crippen molar-refractivity contribution in [3.05, 3.63) is 52.0 Å². The first kappa shape index (κ1) is 16.0. The highest BCUT2D eigenvalue weighted by Gasteiger charge is 2.43. The molecule has 0 aliphatic carbocycles. The van der Waals surface area contributed by atoms with E-state index in [9.17, 15) is 9.90 Å². The number of aliphatic hydroxyl groups is 1. The van der Waals surface area contributed by atoms with Crippen LogP contribution in [0.1, 0.15) is 50.5 Å². The molecular weight excluding hydrogens is 296 g/mol. The average molecular weight is 319 g/mol. The largest absolute Gasteiger partial charge is 0.433 e. The van der Waals surface area contributed by atoms with Crippen molar-refractivity contribution in [2.24, 2.45) is 0 Å². The molecular formula is C17H23N2O4+. The third-order valence-electron chi connectivity index (χ3n) is 4.36. The third kappa shape index (κ3) is 3.38. The number of aromatic nitrogens is 2. The highest BCUT2D eigenvalue weighted by molar-refractivity contribution is 5.17. The lowest BCUT2D eigenvalue weighted by Gasteiger charge is -2.24. The molecule has 0 saturated carbocycles. The summed E-state index contributed by atoms with van der Waals surface area (Å²) >= 11 is 0. The summed E-state index contributed by atoms with van der Waals surface area (Å²) in [4.78, 5) is 11.9. The van der Waals surface area contributed by atoms with E-state index in [1.807, 2.05) is 44.2 Å². The van der Waals surface area contributed by atoms with Crippen molar-refractivity contribution in [1.29, 1.82) is 0 Å². The minimum absolute atomic E-state index is 0.0175. The standard InChI is InChI=1S/C17H22N2O4/c1-17(2)15-16(21)23-18-19(15)11-10-13(22-17)8-9-14(20)12-6-4-3-5-7-12/h3-7,13-14,20H,8-11H2,1-2H3/p+1. The molecule has 1 aromatic heterocycles. The summed E-state index contributed by atoms with van der Waals surface area (Å²) in [5.41, 5.74) is 0.309. The molecule has 0 saturated heterocycles. The Bertz CT molecular complexity index is 705. The fourth-order valence-electron chi connectivity index (χ4n) is 3.22. The van der Waals surface area contributed by atoms with Gasteiger partial charge in [-0.15, -0.1) is 0 Å². The van der Waals surface area contributed by atoms with Gasteiger partial charge in [-0.3, -0.25) is 4.52 Å². The fourth-order valence-corrected chi connectivity index (χ4v) is 3.22. The number of hydrogen-bond acceptors (Lipinski definition) is 4. The van der Waals surface area contributed by atoms with Crippen LogP contribution in [0.2, 0.25) is 0 Å². The Kier molecular flexibility index (Phi) is 4.37. The average Bonchev–Trinajstić information content (AvgIpc) is 2.85. The van der Waals surface area contributed by atoms with Crippen LogP contribution in [0.4, 0.5) is 0 Å². The van der Waals surface area contributed by atoms with E-state index < -0.39 is 11.7 Å². The number of aryl methyl sites for hydroxylation is 1. The van der Waals surface area contributed by atoms with Gasteiger partial charge in [-0.1, -0.05) is 35.0 Å². The van der Waals surface area contributed by atoms with Crippen molar-refractivity contribution >= 4 is 0 Å². The van der Waals surface area contributed by atoms with E-state index in [2.05, 4.69) is 5.27 Å². The second kappa shape index (κ2) is 6.29. The van der Waals surface area contributed by atoms with Crippen LogP contribution < -0.4 is 10.3 Å². The zero-order valence-electron chi connectivity index (χ0n) is 13.5. The van der Waals surface area contributed by atoms with Crippen LogP contribution in [0.15, 0.2) is 39.6 Å². The summed E-state index contributed by atoms with van der Waals surface area (Å²) in [6, 6.07) is 9.63. The highest BCUT2D eigenvalue weighted by Crippen LogP contribution is 2.28. The summed E-state index contributed by atoms with van der Waals surface area (Å²) in [6.07, 6.45) is 1.60. The maximum atomic E-state index is 11.9. The zero-order valence-corrected chi connectivity index (χ0v) is 13.5. The second-order valence-corrected chi connectivity index (χ2v) is 6.52. The van der Waals surface area contributed by atoms with Gasteiger partial charge in [-0.05, 0) is 37.5 Å². The normalized spacial score (nSPS) is 21.4. The maximum absolute atomic E-state index is 11.9. The van der Waals surface area contributed by atoms with Crippen LogP contribution in [0.5, 0.6) is 0 Å². The number of benzene rings is 1. The van der Waals surface area contributed by atoms with E-state index in [0.717, 1.165) is 18.4 Å². The summed E-state index contributed by atoms with van der Waals surface area (Å²) in [5.74, 6) is 0. The van der Waals surface area contributed by atoms with Gasteiger partial charge in [0.2, 0.25) is 0 Å². The van der Waals surface area contributed by atoms with Gasteiger partial charge < -0.3 is 9.84 Å². The van der Waals surface area contributed by atoms with Gasteiger partial charge in [-0.25, -0.2) is 4.79 Å². The third-order valence-corrected chi connectivity index (χ3v) is 4.36. The predicted molar refractivity (Wildman–Crippen MR) is 82.7 cm³/mol. The number of hydrogen-bond donors (Lipinski definition) is 2. The molecule has 124 valence electrons. The molecule has 6 nitrogen and oxygen atoms in total. The zero-order chi connectivity index (χ0) is 16.4. The van der Waals surface area contributed by atoms with Crippen LogP contribution in [-0.4, -0.2) is 16.5 Å². The number of aromatic amines is 1. The van der Waals surface area contributed by atoms with Crippen LogP contribution in [-0.2, 0) is 16.9 Å². The first-order valence-electron chi connectivity index (χ1n) is 8.00. The molecule has 0 spiro atoms. The Morgan fingerprint density at radius 2 is 2.13 bits per heavy atom. The van der Waals surface area contributed by atoms with Crippen molar-refractivity contribution in [2.45, 2.75) is 57.5 Å². The van der Waals surface area contributed by atoms with Gasteiger partial charge in [0, 0.05) is 6.42 Å². The molecule has 2 N–H and O–H groups in total. The van der Waals surface area contributed by atoms with Crippen molar-refractivity contribution in [3.8, 4) is 0 Å². The number of nitrogens with zero attached hydrogens (tertiary/aromatic N) is 1. The van der Waals surface area contributed by atoms with E-state index >= 15 is 0 Å². The lowest BCUT2D eigenvalue weighted by Crippen LogP contribution is -2.45. The van der Waals surface area contributed by atoms with Crippen LogP contribution in [0, 0.1) is 0 Å². The van der Waals surface area contributed by atoms with Crippen molar-refractivity contribution in [3.63, 3.8) is 0 Å². The smallest absolute Gasteiger partial charge is 0.388 e. The monoisotopic (exact) mass is 319 g/mol. The fraction of sp³-hybridized carbons (Fsp3) is 0.529. The van der Waals surface area contributed by atoms with E-state index in [0.29, 0.717) is 18.7 Å². The molecule has 3 rings (SSSR count). The molecule has 23 heavy (non-hydrogen) atoms. The predicted octanol–water partition coefficient (Wildman–Crippen LogP) is 1.79. The van der Waals surface area contributed by atoms with Gasteiger partial charge in [0.25, 0.3) is 0 Å². The number of fused-ring (bicyclic) bond motifs is 1. The second-order valence-electron chi connectivity index (χ2n) is 6.52. The molecule has 0 bridgehead atoms. The van der Waals surface area contributed by atoms with Gasteiger partial charge in [0.15, 0.2) is 12.1 Å². The van der Waals surface area contributed by atoms with E-state index in [4.69, 9.17) is 9.26 Å². The quantitative estimate of drug-likeness (QED) is 0.842. The number of rotatable bonds is 4. The maximum Gasteiger partial charge on any atom is 0.433 e. The van der Waals surface area contributed by atoms with Crippen molar-refractivity contribution in [2.75, 3.05) is 0 Å². The molecule has 2 atom stereocenters. The first-order chi connectivity index (χ1) is 11.0. The lowest BCUT2D eigenvalue weighted by molar-refractivity contribution is -0.770. The molecule has 0 fully saturated rings. The number of ether oxygens (including phenoxy) is 1. The van der Waals surface area contributed by atoms with Crippen LogP contribution in [0.3, 0.4) is 0 Å². The Hall–Kier alpha value is -1.92. The first-order valence-corrected chi connectivity index (χ1v) is 8.00. The Labute approximate surface area is 134 Å². The Balaban J connectivity index is 1.66. The van der Waals surface area contributed by atoms with Gasteiger partial charge in [-0.2, -0.15) is 0 Å². The Morgan fingerprint density at radius 3 is 2.87 bits per heavy atom. The molecule has 0 amide bonds. The van der Waals surface area contributed by atoms with Gasteiger partial charge >= 0.3 is 11.3 Å². The summed E-state index contributed by atoms with van der Waals surface area (Å²) in [7, 11) is 0. The Morgan fingerprint density at radius 1 is 1.39 bits per heavy atom. The molecule has 1 aliphatic rings. The van der Waals surface area contributed by atoms with Gasteiger partial charge in [0.05, 0.1) is 12.2 Å². The van der Waals surface area contributed by atoms with Crippen LogP contribution >= 0.6 is 0 Å². The molecule has 2 unspecified atom stereocenters. The summed E-state index contributed by atoms with van der Waals surface area (Å²) < 4.78 is 12.7. The highest BCUT2D eigenvalue weighted by atomic mass is 16.5. The molecule has 1 aliphatic heterocycles. The SMILES string of the molecule is CC1(C)OC(CCC(O)c2ccccc2)CC[n+]2[nH]oc(=O)c21. The van der Waals surface area contributed by atoms with Gasteiger partial charge in [0.1, 0.15) is 0 Å². The summed E-state index contributed by atoms with van der Waals surface area (Å²) in [6.45, 7) is 4.38. The number of nitrogens with one attached hydrogen (secondary N) is 1. The minimum Gasteiger partial charge on any atom is -0.388 e. The number of H-pyrrole nitrogens is 1. The minimum atomic E-state index is -0.723. The van der Waals surface area contributed by atoms with E-state index in [1.165, 1.54) is 0 Å². The molecule has 2 heterocycles. The number of aliphatic hydroxyl groups excluding tert-OH is 1. The molecule has 2 aromatic rings. The summed E-state index contributed by atoms with van der Waals surface area (Å²) in [5, 5.41) is 12.9. The topological polar surface area (TPSA) is 79.3 Å². The van der Waals surface area contributed by atoms with E-state index in [-0.39, 0.29) is 11.7 Å². The van der Waals surface area contributed by atoms with Crippen LogP contribution in [0.25, 0.3) is 0 Å². The molecule has 0 radical (unpaired) electrons.